The number of hydrazine groups is 1. The first-order valence-corrected chi connectivity index (χ1v) is 6.63. The highest BCUT2D eigenvalue weighted by atomic mass is 32.1. The van der Waals surface area contributed by atoms with Crippen molar-refractivity contribution < 1.29 is 4.79 Å². The zero-order valence-electron chi connectivity index (χ0n) is 10.7. The van der Waals surface area contributed by atoms with E-state index in [1.54, 1.807) is 18.3 Å². The van der Waals surface area contributed by atoms with E-state index in [2.05, 4.69) is 20.7 Å². The van der Waals surface area contributed by atoms with Crippen LogP contribution in [0.2, 0.25) is 0 Å². The van der Waals surface area contributed by atoms with Crippen LogP contribution in [0.25, 0.3) is 0 Å². The van der Waals surface area contributed by atoms with Gasteiger partial charge in [-0.1, -0.05) is 0 Å². The van der Waals surface area contributed by atoms with Crippen molar-refractivity contribution in [2.45, 2.75) is 19.9 Å². The number of nitrogens with zero attached hydrogens (tertiary/aromatic N) is 2. The molecule has 0 fully saturated rings. The fourth-order valence-corrected chi connectivity index (χ4v) is 2.31. The van der Waals surface area contributed by atoms with E-state index in [-0.39, 0.29) is 11.9 Å². The van der Waals surface area contributed by atoms with E-state index in [1.165, 1.54) is 11.3 Å². The molecule has 0 radical (unpaired) electrons. The molecule has 100 valence electrons. The molecule has 0 aromatic carbocycles. The molecule has 0 aliphatic rings. The van der Waals surface area contributed by atoms with E-state index in [9.17, 15) is 4.79 Å². The molecule has 19 heavy (non-hydrogen) atoms. The fraction of sp³-hybridized carbons (Fsp3) is 0.250. The lowest BCUT2D eigenvalue weighted by atomic mass is 10.2. The van der Waals surface area contributed by atoms with E-state index in [0.29, 0.717) is 11.4 Å². The number of anilines is 1. The number of rotatable bonds is 4. The molecule has 1 atom stereocenters. The zero-order valence-corrected chi connectivity index (χ0v) is 11.5. The Morgan fingerprint density at radius 3 is 2.89 bits per heavy atom. The molecule has 1 unspecified atom stereocenters. The molecule has 6 nitrogen and oxygen atoms in total. The quantitative estimate of drug-likeness (QED) is 0.583. The summed E-state index contributed by atoms with van der Waals surface area (Å²) in [6.07, 6.45) is 1.72. The van der Waals surface area contributed by atoms with Gasteiger partial charge in [0, 0.05) is 22.8 Å². The van der Waals surface area contributed by atoms with Crippen LogP contribution in [-0.2, 0) is 0 Å². The first-order chi connectivity index (χ1) is 9.10. The Labute approximate surface area is 115 Å². The maximum atomic E-state index is 12.1. The van der Waals surface area contributed by atoms with Crippen molar-refractivity contribution in [3.05, 3.63) is 40.0 Å². The van der Waals surface area contributed by atoms with E-state index in [0.717, 1.165) is 10.7 Å². The first-order valence-electron chi connectivity index (χ1n) is 5.75. The number of aromatic nitrogens is 2. The lowest BCUT2D eigenvalue weighted by Crippen LogP contribution is -2.27. The Bertz CT molecular complexity index is 570. The van der Waals surface area contributed by atoms with E-state index < -0.39 is 0 Å². The lowest BCUT2D eigenvalue weighted by Gasteiger charge is -2.12. The maximum Gasteiger partial charge on any atom is 0.252 e. The largest absolute Gasteiger partial charge is 0.343 e. The SMILES string of the molecule is Cc1cc(C(=O)NC(C)c2nccs2)cc(NN)n1. The minimum atomic E-state index is -0.176. The number of aryl methyl sites for hydroxylation is 1. The molecule has 2 aromatic rings. The van der Waals surface area contributed by atoms with Crippen LogP contribution >= 0.6 is 11.3 Å². The summed E-state index contributed by atoms with van der Waals surface area (Å²) in [6.45, 7) is 3.70. The van der Waals surface area contributed by atoms with Gasteiger partial charge in [-0.15, -0.1) is 11.3 Å². The van der Waals surface area contributed by atoms with Crippen LogP contribution in [-0.4, -0.2) is 15.9 Å². The molecular weight excluding hydrogens is 262 g/mol. The molecule has 0 aliphatic heterocycles. The molecule has 0 bridgehead atoms. The van der Waals surface area contributed by atoms with Crippen molar-refractivity contribution in [3.8, 4) is 0 Å². The molecule has 2 rings (SSSR count). The second-order valence-electron chi connectivity index (χ2n) is 4.09. The van der Waals surface area contributed by atoms with Gasteiger partial charge in [0.15, 0.2) is 0 Å². The predicted molar refractivity (Wildman–Crippen MR) is 74.8 cm³/mol. The van der Waals surface area contributed by atoms with Crippen molar-refractivity contribution in [2.75, 3.05) is 5.43 Å². The zero-order chi connectivity index (χ0) is 13.8. The van der Waals surface area contributed by atoms with Crippen molar-refractivity contribution in [1.29, 1.82) is 0 Å². The number of nitrogens with one attached hydrogen (secondary N) is 2. The fourth-order valence-electron chi connectivity index (χ4n) is 1.66. The minimum absolute atomic E-state index is 0.129. The molecule has 1 amide bonds. The first kappa shape index (κ1) is 13.4. The Morgan fingerprint density at radius 1 is 1.47 bits per heavy atom. The second-order valence-corrected chi connectivity index (χ2v) is 5.02. The average Bonchev–Trinajstić information content (AvgIpc) is 2.91. The number of pyridine rings is 1. The number of carbonyl (C=O) groups is 1. The third-order valence-corrected chi connectivity index (χ3v) is 3.49. The molecule has 4 N–H and O–H groups in total. The van der Waals surface area contributed by atoms with Crippen LogP contribution in [0.15, 0.2) is 23.7 Å². The summed E-state index contributed by atoms with van der Waals surface area (Å²) < 4.78 is 0. The van der Waals surface area contributed by atoms with Crippen LogP contribution in [0.3, 0.4) is 0 Å². The normalized spacial score (nSPS) is 11.9. The standard InChI is InChI=1S/C12H15N5OS/c1-7-5-9(6-10(15-7)17-13)11(18)16-8(2)12-14-3-4-19-12/h3-6,8H,13H2,1-2H3,(H,15,17)(H,16,18). The third-order valence-electron chi connectivity index (χ3n) is 2.53. The topological polar surface area (TPSA) is 92.9 Å². The summed E-state index contributed by atoms with van der Waals surface area (Å²) in [5.41, 5.74) is 3.68. The average molecular weight is 277 g/mol. The van der Waals surface area contributed by atoms with Gasteiger partial charge in [0.1, 0.15) is 10.8 Å². The minimum Gasteiger partial charge on any atom is -0.343 e. The summed E-state index contributed by atoms with van der Waals surface area (Å²) >= 11 is 1.51. The van der Waals surface area contributed by atoms with Crippen molar-refractivity contribution in [1.82, 2.24) is 15.3 Å². The Kier molecular flexibility index (Phi) is 4.08. The van der Waals surface area contributed by atoms with E-state index in [4.69, 9.17) is 5.84 Å². The van der Waals surface area contributed by atoms with Gasteiger partial charge in [0.25, 0.3) is 5.91 Å². The van der Waals surface area contributed by atoms with Gasteiger partial charge in [0.05, 0.1) is 6.04 Å². The Hall–Kier alpha value is -1.99. The van der Waals surface area contributed by atoms with Gasteiger partial charge in [-0.25, -0.2) is 15.8 Å². The van der Waals surface area contributed by atoms with Crippen LogP contribution < -0.4 is 16.6 Å². The highest BCUT2D eigenvalue weighted by Gasteiger charge is 2.14. The van der Waals surface area contributed by atoms with Crippen LogP contribution in [0.1, 0.15) is 34.0 Å². The lowest BCUT2D eigenvalue weighted by molar-refractivity contribution is 0.0939. The van der Waals surface area contributed by atoms with E-state index >= 15 is 0 Å². The highest BCUT2D eigenvalue weighted by molar-refractivity contribution is 7.09. The van der Waals surface area contributed by atoms with Crippen LogP contribution in [0, 0.1) is 6.92 Å². The Balaban J connectivity index is 2.13. The van der Waals surface area contributed by atoms with E-state index in [1.807, 2.05) is 19.2 Å². The predicted octanol–water partition coefficient (Wildman–Crippen LogP) is 1.62. The number of nitrogens with two attached hydrogens (primary N) is 1. The highest BCUT2D eigenvalue weighted by Crippen LogP contribution is 2.16. The van der Waals surface area contributed by atoms with Crippen LogP contribution in [0.4, 0.5) is 5.82 Å². The molecule has 2 heterocycles. The molecule has 2 aromatic heterocycles. The molecule has 0 aliphatic carbocycles. The molecule has 7 heteroatoms. The summed E-state index contributed by atoms with van der Waals surface area (Å²) in [7, 11) is 0. The summed E-state index contributed by atoms with van der Waals surface area (Å²) in [5, 5.41) is 5.64. The van der Waals surface area contributed by atoms with Gasteiger partial charge >= 0.3 is 0 Å². The Morgan fingerprint density at radius 2 is 2.26 bits per heavy atom. The van der Waals surface area contributed by atoms with Crippen molar-refractivity contribution in [3.63, 3.8) is 0 Å². The number of hydrogen-bond acceptors (Lipinski definition) is 6. The molecule has 0 saturated heterocycles. The summed E-state index contributed by atoms with van der Waals surface area (Å²) in [6, 6.07) is 3.19. The monoisotopic (exact) mass is 277 g/mol. The van der Waals surface area contributed by atoms with Gasteiger partial charge in [-0.05, 0) is 26.0 Å². The maximum absolute atomic E-state index is 12.1. The number of nitrogen functional groups attached to an aromatic ring is 1. The smallest absolute Gasteiger partial charge is 0.252 e. The number of amides is 1. The summed E-state index contributed by atoms with van der Waals surface area (Å²) in [4.78, 5) is 20.5. The van der Waals surface area contributed by atoms with Gasteiger partial charge < -0.3 is 10.7 Å². The molecular formula is C12H15N5OS. The summed E-state index contributed by atoms with van der Waals surface area (Å²) in [5.74, 6) is 5.60. The number of hydrogen-bond donors (Lipinski definition) is 3. The van der Waals surface area contributed by atoms with Crippen molar-refractivity contribution in [2.24, 2.45) is 5.84 Å². The van der Waals surface area contributed by atoms with Gasteiger partial charge in [-0.2, -0.15) is 0 Å². The second kappa shape index (κ2) is 5.77. The van der Waals surface area contributed by atoms with Crippen LogP contribution in [0.5, 0.6) is 0 Å². The van der Waals surface area contributed by atoms with Crippen molar-refractivity contribution >= 4 is 23.1 Å². The third kappa shape index (κ3) is 3.27. The molecule has 0 saturated carbocycles. The number of thiazole rings is 1. The molecule has 0 spiro atoms. The van der Waals surface area contributed by atoms with Gasteiger partial charge in [-0.3, -0.25) is 4.79 Å². The number of carbonyl (C=O) groups excluding carboxylic acids is 1. The van der Waals surface area contributed by atoms with Gasteiger partial charge in [0.2, 0.25) is 0 Å².